The average Bonchev–Trinajstić information content (AvgIpc) is 3.20. The number of anilines is 1. The summed E-state index contributed by atoms with van der Waals surface area (Å²) >= 11 is 0. The van der Waals surface area contributed by atoms with Gasteiger partial charge in [0.2, 0.25) is 0 Å². The van der Waals surface area contributed by atoms with Gasteiger partial charge in [-0.3, -0.25) is 9.20 Å². The van der Waals surface area contributed by atoms with Crippen molar-refractivity contribution in [3.05, 3.63) is 60.1 Å². The lowest BCUT2D eigenvalue weighted by Crippen LogP contribution is -2.14. The maximum atomic E-state index is 11.0. The van der Waals surface area contributed by atoms with Crippen molar-refractivity contribution in [3.8, 4) is 22.4 Å². The lowest BCUT2D eigenvalue weighted by atomic mass is 10.0. The molecule has 7 heteroatoms. The van der Waals surface area contributed by atoms with E-state index < -0.39 is 5.97 Å². The third-order valence-electron chi connectivity index (χ3n) is 4.42. The molecular formula is C20H18N4O3. The lowest BCUT2D eigenvalue weighted by molar-refractivity contribution is -0.134. The fraction of sp³-hybridized carbons (Fsp3) is 0.150. The maximum absolute atomic E-state index is 11.0. The van der Waals surface area contributed by atoms with Crippen LogP contribution < -0.4 is 5.32 Å². The molecule has 0 bridgehead atoms. The molecule has 0 atom stereocenters. The van der Waals surface area contributed by atoms with E-state index in [1.165, 1.54) is 0 Å². The molecule has 0 amide bonds. The first-order valence-electron chi connectivity index (χ1n) is 8.51. The van der Waals surface area contributed by atoms with E-state index in [-0.39, 0.29) is 6.54 Å². The number of benzene rings is 1. The molecule has 27 heavy (non-hydrogen) atoms. The van der Waals surface area contributed by atoms with Crippen LogP contribution in [0.4, 0.5) is 5.82 Å². The number of aromatic nitrogens is 3. The van der Waals surface area contributed by atoms with Crippen molar-refractivity contribution in [2.45, 2.75) is 13.8 Å². The topological polar surface area (TPSA) is 92.7 Å². The Kier molecular flexibility index (Phi) is 4.12. The zero-order chi connectivity index (χ0) is 19.0. The predicted molar refractivity (Wildman–Crippen MR) is 102 cm³/mol. The minimum atomic E-state index is -0.930. The van der Waals surface area contributed by atoms with Gasteiger partial charge in [0, 0.05) is 17.3 Å². The summed E-state index contributed by atoms with van der Waals surface area (Å²) in [7, 11) is 0. The van der Waals surface area contributed by atoms with Crippen molar-refractivity contribution >= 4 is 17.4 Å². The highest BCUT2D eigenvalue weighted by Gasteiger charge is 2.16. The summed E-state index contributed by atoms with van der Waals surface area (Å²) in [5.41, 5.74) is 5.18. The van der Waals surface area contributed by atoms with Gasteiger partial charge in [-0.2, -0.15) is 0 Å². The van der Waals surface area contributed by atoms with Crippen molar-refractivity contribution in [2.24, 2.45) is 0 Å². The number of aliphatic carboxylic acids is 1. The van der Waals surface area contributed by atoms with Gasteiger partial charge in [0.1, 0.15) is 29.5 Å². The minimum absolute atomic E-state index is 0.188. The van der Waals surface area contributed by atoms with Crippen LogP contribution in [0.2, 0.25) is 0 Å². The van der Waals surface area contributed by atoms with Crippen LogP contribution in [0, 0.1) is 13.8 Å². The molecule has 4 rings (SSSR count). The normalized spacial score (nSPS) is 11.0. The molecule has 0 unspecified atom stereocenters. The number of carbonyl (C=O) groups is 1. The van der Waals surface area contributed by atoms with Crippen molar-refractivity contribution < 1.29 is 14.4 Å². The molecule has 0 aliphatic heterocycles. The summed E-state index contributed by atoms with van der Waals surface area (Å²) in [6.07, 6.45) is 1.86. The maximum Gasteiger partial charge on any atom is 0.322 e. The summed E-state index contributed by atoms with van der Waals surface area (Å²) < 4.78 is 7.09. The van der Waals surface area contributed by atoms with Crippen molar-refractivity contribution in [2.75, 3.05) is 11.9 Å². The third kappa shape index (κ3) is 3.03. The highest BCUT2D eigenvalue weighted by molar-refractivity contribution is 5.81. The number of nitrogens with one attached hydrogen (secondary N) is 1. The van der Waals surface area contributed by atoms with Crippen LogP contribution in [-0.2, 0) is 4.79 Å². The van der Waals surface area contributed by atoms with Crippen LogP contribution in [0.1, 0.15) is 11.5 Å². The number of pyridine rings is 1. The highest BCUT2D eigenvalue weighted by Crippen LogP contribution is 2.32. The number of carboxylic acids is 1. The van der Waals surface area contributed by atoms with Crippen LogP contribution >= 0.6 is 0 Å². The molecule has 0 aliphatic rings. The Hall–Kier alpha value is -3.61. The van der Waals surface area contributed by atoms with E-state index in [9.17, 15) is 4.79 Å². The van der Waals surface area contributed by atoms with Gasteiger partial charge in [0.15, 0.2) is 0 Å². The van der Waals surface area contributed by atoms with E-state index in [1.54, 1.807) is 0 Å². The summed E-state index contributed by atoms with van der Waals surface area (Å²) in [6, 6.07) is 13.6. The van der Waals surface area contributed by atoms with Gasteiger partial charge in [-0.1, -0.05) is 35.5 Å². The average molecular weight is 362 g/mol. The van der Waals surface area contributed by atoms with Gasteiger partial charge in [-0.25, -0.2) is 4.98 Å². The molecule has 136 valence electrons. The molecule has 0 aliphatic carbocycles. The van der Waals surface area contributed by atoms with Gasteiger partial charge in [-0.15, -0.1) is 0 Å². The third-order valence-corrected chi connectivity index (χ3v) is 4.42. The SMILES string of the molecule is Cc1noc(C)c1-c1ccc(-c2nc3ccccn3c2NCC(=O)O)cc1. The van der Waals surface area contributed by atoms with Crippen LogP contribution in [-0.4, -0.2) is 32.2 Å². The predicted octanol–water partition coefficient (Wildman–Crippen LogP) is 3.77. The van der Waals surface area contributed by atoms with Crippen LogP contribution in [0.3, 0.4) is 0 Å². The largest absolute Gasteiger partial charge is 0.480 e. The zero-order valence-corrected chi connectivity index (χ0v) is 14.9. The molecule has 1 aromatic carbocycles. The fourth-order valence-electron chi connectivity index (χ4n) is 3.22. The molecule has 0 spiro atoms. The first-order chi connectivity index (χ1) is 13.0. The zero-order valence-electron chi connectivity index (χ0n) is 14.9. The van der Waals surface area contributed by atoms with E-state index in [0.29, 0.717) is 11.5 Å². The number of hydrogen-bond donors (Lipinski definition) is 2. The molecule has 2 N–H and O–H groups in total. The van der Waals surface area contributed by atoms with Crippen molar-refractivity contribution in [1.29, 1.82) is 0 Å². The minimum Gasteiger partial charge on any atom is -0.480 e. The molecular weight excluding hydrogens is 344 g/mol. The summed E-state index contributed by atoms with van der Waals surface area (Å²) in [6.45, 7) is 3.61. The van der Waals surface area contributed by atoms with Gasteiger partial charge < -0.3 is 14.9 Å². The second-order valence-electron chi connectivity index (χ2n) is 6.26. The first kappa shape index (κ1) is 16.8. The van der Waals surface area contributed by atoms with Crippen LogP contribution in [0.15, 0.2) is 53.2 Å². The number of fused-ring (bicyclic) bond motifs is 1. The smallest absolute Gasteiger partial charge is 0.322 e. The Morgan fingerprint density at radius 1 is 1.15 bits per heavy atom. The van der Waals surface area contributed by atoms with Gasteiger partial charge in [0.25, 0.3) is 0 Å². The standard InChI is InChI=1S/C20H18N4O3/c1-12-18(13(2)27-23-12)14-6-8-15(9-7-14)19-20(21-11-17(25)26)24-10-4-3-5-16(24)22-19/h3-10,21H,11H2,1-2H3,(H,25,26). The second-order valence-corrected chi connectivity index (χ2v) is 6.26. The first-order valence-corrected chi connectivity index (χ1v) is 8.51. The molecule has 3 heterocycles. The number of imidazole rings is 1. The molecule has 0 saturated carbocycles. The number of rotatable bonds is 5. The highest BCUT2D eigenvalue weighted by atomic mass is 16.5. The lowest BCUT2D eigenvalue weighted by Gasteiger charge is -2.07. The van der Waals surface area contributed by atoms with Gasteiger partial charge in [-0.05, 0) is 31.5 Å². The fourth-order valence-corrected chi connectivity index (χ4v) is 3.22. The van der Waals surface area contributed by atoms with Gasteiger partial charge in [0.05, 0.1) is 5.69 Å². The van der Waals surface area contributed by atoms with E-state index in [0.717, 1.165) is 33.8 Å². The summed E-state index contributed by atoms with van der Waals surface area (Å²) in [5.74, 6) is 0.496. The Morgan fingerprint density at radius 3 is 2.56 bits per heavy atom. The molecule has 0 saturated heterocycles. The Labute approximate surface area is 155 Å². The Bertz CT molecular complexity index is 1110. The molecule has 4 aromatic rings. The van der Waals surface area contributed by atoms with Crippen LogP contribution in [0.5, 0.6) is 0 Å². The van der Waals surface area contributed by atoms with E-state index in [2.05, 4.69) is 15.5 Å². The molecule has 3 aromatic heterocycles. The number of hydrogen-bond acceptors (Lipinski definition) is 5. The summed E-state index contributed by atoms with van der Waals surface area (Å²) in [5, 5.41) is 16.0. The number of carboxylic acid groups (broad SMARTS) is 1. The monoisotopic (exact) mass is 362 g/mol. The molecule has 0 radical (unpaired) electrons. The quantitative estimate of drug-likeness (QED) is 0.561. The second kappa shape index (κ2) is 6.60. The van der Waals surface area contributed by atoms with E-state index in [1.807, 2.05) is 66.9 Å². The van der Waals surface area contributed by atoms with Crippen LogP contribution in [0.25, 0.3) is 28.0 Å². The number of aryl methyl sites for hydroxylation is 2. The van der Waals surface area contributed by atoms with E-state index in [4.69, 9.17) is 9.63 Å². The van der Waals surface area contributed by atoms with Crippen molar-refractivity contribution in [1.82, 2.24) is 14.5 Å². The van der Waals surface area contributed by atoms with Gasteiger partial charge >= 0.3 is 5.97 Å². The molecule has 7 nitrogen and oxygen atoms in total. The Morgan fingerprint density at radius 2 is 1.89 bits per heavy atom. The van der Waals surface area contributed by atoms with E-state index >= 15 is 0 Å². The molecule has 0 fully saturated rings. The summed E-state index contributed by atoms with van der Waals surface area (Å²) in [4.78, 5) is 15.7. The van der Waals surface area contributed by atoms with Crippen molar-refractivity contribution in [3.63, 3.8) is 0 Å². The number of nitrogens with zero attached hydrogens (tertiary/aromatic N) is 3. The Balaban J connectivity index is 1.78.